The highest BCUT2D eigenvalue weighted by molar-refractivity contribution is 7.17. The molecule has 0 fully saturated rings. The van der Waals surface area contributed by atoms with E-state index in [4.69, 9.17) is 25.4 Å². The van der Waals surface area contributed by atoms with E-state index in [0.29, 0.717) is 64.0 Å². The summed E-state index contributed by atoms with van der Waals surface area (Å²) in [5.74, 6) is 0.939. The van der Waals surface area contributed by atoms with E-state index in [0.717, 1.165) is 16.0 Å². The first-order valence-electron chi connectivity index (χ1n) is 9.58. The largest absolute Gasteiger partial charge is 0.376 e. The van der Waals surface area contributed by atoms with Crippen molar-refractivity contribution in [2.45, 2.75) is 26.9 Å². The van der Waals surface area contributed by atoms with Crippen molar-refractivity contribution >= 4 is 33.8 Å². The quantitative estimate of drug-likeness (QED) is 0.458. The topological polar surface area (TPSA) is 103 Å². The molecule has 1 aromatic carbocycles. The van der Waals surface area contributed by atoms with Crippen LogP contribution in [-0.4, -0.2) is 27.8 Å². The highest BCUT2D eigenvalue weighted by Gasteiger charge is 2.29. The van der Waals surface area contributed by atoms with Crippen LogP contribution in [0.25, 0.3) is 22.7 Å². The maximum Gasteiger partial charge on any atom is 0.262 e. The van der Waals surface area contributed by atoms with Gasteiger partial charge in [-0.25, -0.2) is 0 Å². The molecular formula is C21H17ClN4O4S. The van der Waals surface area contributed by atoms with Crippen molar-refractivity contribution in [1.29, 1.82) is 0 Å². The van der Waals surface area contributed by atoms with E-state index < -0.39 is 0 Å². The Labute approximate surface area is 186 Å². The number of fused-ring (bicyclic) bond motifs is 1. The molecule has 8 nitrogen and oxygen atoms in total. The minimum absolute atomic E-state index is 0.323. The Morgan fingerprint density at radius 2 is 2.03 bits per heavy atom. The highest BCUT2D eigenvalue weighted by atomic mass is 35.5. The molecule has 0 atom stereocenters. The van der Waals surface area contributed by atoms with Gasteiger partial charge in [-0.15, -0.1) is 11.3 Å². The molecule has 1 amide bonds. The fourth-order valence-corrected chi connectivity index (χ4v) is 4.99. The minimum atomic E-state index is -0.356. The number of rotatable bonds is 4. The molecule has 1 aliphatic rings. The summed E-state index contributed by atoms with van der Waals surface area (Å²) in [4.78, 5) is 18.8. The number of carbonyl (C=O) groups excluding carboxylic acids is 1. The van der Waals surface area contributed by atoms with Crippen molar-refractivity contribution in [2.24, 2.45) is 0 Å². The van der Waals surface area contributed by atoms with Gasteiger partial charge < -0.3 is 19.1 Å². The van der Waals surface area contributed by atoms with Gasteiger partial charge in [-0.1, -0.05) is 40.1 Å². The van der Waals surface area contributed by atoms with Gasteiger partial charge in [0.15, 0.2) is 5.82 Å². The molecule has 5 rings (SSSR count). The SMILES string of the molecule is Cc1noc(-c2c(NC(=O)c3c(-c4ccccc4Cl)noc3C)sc3c2CCOC3)n1. The van der Waals surface area contributed by atoms with Crippen LogP contribution >= 0.6 is 22.9 Å². The molecular weight excluding hydrogens is 440 g/mol. The van der Waals surface area contributed by atoms with Gasteiger partial charge in [0.05, 0.1) is 23.8 Å². The zero-order chi connectivity index (χ0) is 21.5. The average molecular weight is 457 g/mol. The normalized spacial score (nSPS) is 13.3. The number of benzene rings is 1. The van der Waals surface area contributed by atoms with Gasteiger partial charge in [-0.2, -0.15) is 4.98 Å². The molecule has 10 heteroatoms. The van der Waals surface area contributed by atoms with Gasteiger partial charge >= 0.3 is 0 Å². The number of carbonyl (C=O) groups is 1. The minimum Gasteiger partial charge on any atom is -0.376 e. The number of aromatic nitrogens is 3. The van der Waals surface area contributed by atoms with Gasteiger partial charge in [0.2, 0.25) is 0 Å². The van der Waals surface area contributed by atoms with Crippen LogP contribution in [0.2, 0.25) is 5.02 Å². The summed E-state index contributed by atoms with van der Waals surface area (Å²) in [6, 6.07) is 7.18. The summed E-state index contributed by atoms with van der Waals surface area (Å²) in [6.07, 6.45) is 0.704. The number of thiophene rings is 1. The van der Waals surface area contributed by atoms with E-state index >= 15 is 0 Å². The third-order valence-electron chi connectivity index (χ3n) is 5.01. The van der Waals surface area contributed by atoms with Crippen molar-refractivity contribution in [2.75, 3.05) is 11.9 Å². The van der Waals surface area contributed by atoms with Crippen LogP contribution in [0.1, 0.15) is 32.4 Å². The zero-order valence-electron chi connectivity index (χ0n) is 16.7. The standard InChI is InChI=1S/C21H17ClN4O4S/c1-10-16(18(26-29-10)12-5-3-4-6-14(12)22)19(27)24-21-17(20-23-11(2)25-30-20)13-7-8-28-9-15(13)31-21/h3-6H,7-9H2,1-2H3,(H,24,27). The molecule has 0 spiro atoms. The summed E-state index contributed by atoms with van der Waals surface area (Å²) in [6.45, 7) is 4.52. The van der Waals surface area contributed by atoms with E-state index in [1.165, 1.54) is 11.3 Å². The Balaban J connectivity index is 1.56. The van der Waals surface area contributed by atoms with Gasteiger partial charge in [-0.05, 0) is 31.9 Å². The molecule has 0 bridgehead atoms. The summed E-state index contributed by atoms with van der Waals surface area (Å²) >= 11 is 7.77. The van der Waals surface area contributed by atoms with E-state index in [2.05, 4.69) is 20.6 Å². The first-order chi connectivity index (χ1) is 15.0. The smallest absolute Gasteiger partial charge is 0.262 e. The molecule has 158 valence electrons. The van der Waals surface area contributed by atoms with Crippen LogP contribution in [0.5, 0.6) is 0 Å². The third kappa shape index (κ3) is 3.54. The number of hydrogen-bond acceptors (Lipinski definition) is 8. The maximum absolute atomic E-state index is 13.4. The number of aryl methyl sites for hydroxylation is 2. The lowest BCUT2D eigenvalue weighted by Crippen LogP contribution is -2.13. The van der Waals surface area contributed by atoms with Crippen molar-refractivity contribution in [3.05, 3.63) is 56.9 Å². The number of hydrogen-bond donors (Lipinski definition) is 1. The molecule has 0 aliphatic carbocycles. The lowest BCUT2D eigenvalue weighted by Gasteiger charge is -2.12. The van der Waals surface area contributed by atoms with Crippen LogP contribution in [0, 0.1) is 13.8 Å². The summed E-state index contributed by atoms with van der Waals surface area (Å²) in [5, 5.41) is 12.1. The van der Waals surface area contributed by atoms with Crippen molar-refractivity contribution in [1.82, 2.24) is 15.3 Å². The number of anilines is 1. The predicted octanol–water partition coefficient (Wildman–Crippen LogP) is 5.05. The van der Waals surface area contributed by atoms with E-state index in [1.807, 2.05) is 12.1 Å². The molecule has 1 N–H and O–H groups in total. The Hall–Kier alpha value is -3.01. The Morgan fingerprint density at radius 3 is 2.81 bits per heavy atom. The molecule has 31 heavy (non-hydrogen) atoms. The zero-order valence-corrected chi connectivity index (χ0v) is 18.3. The van der Waals surface area contributed by atoms with Gasteiger partial charge in [0.25, 0.3) is 11.8 Å². The second-order valence-corrected chi connectivity index (χ2v) is 8.57. The average Bonchev–Trinajstić information content (AvgIpc) is 3.44. The Kier molecular flexibility index (Phi) is 5.09. The van der Waals surface area contributed by atoms with Crippen LogP contribution in [0.4, 0.5) is 5.00 Å². The van der Waals surface area contributed by atoms with Crippen molar-refractivity contribution in [3.63, 3.8) is 0 Å². The lowest BCUT2D eigenvalue weighted by atomic mass is 10.0. The van der Waals surface area contributed by atoms with Gasteiger partial charge in [-0.3, -0.25) is 4.79 Å². The summed E-state index contributed by atoms with van der Waals surface area (Å²) in [5.41, 5.74) is 3.14. The monoisotopic (exact) mass is 456 g/mol. The van der Waals surface area contributed by atoms with Crippen LogP contribution in [0.3, 0.4) is 0 Å². The second-order valence-electron chi connectivity index (χ2n) is 7.05. The third-order valence-corrected chi connectivity index (χ3v) is 6.46. The maximum atomic E-state index is 13.4. The van der Waals surface area contributed by atoms with E-state index in [1.54, 1.807) is 26.0 Å². The van der Waals surface area contributed by atoms with Crippen LogP contribution in [-0.2, 0) is 17.8 Å². The summed E-state index contributed by atoms with van der Waals surface area (Å²) in [7, 11) is 0. The molecule has 4 heterocycles. The fraction of sp³-hybridized carbons (Fsp3) is 0.238. The van der Waals surface area contributed by atoms with Crippen molar-refractivity contribution in [3.8, 4) is 22.7 Å². The lowest BCUT2D eigenvalue weighted by molar-refractivity contribution is 0.102. The number of ether oxygens (including phenoxy) is 1. The number of halogens is 1. The van der Waals surface area contributed by atoms with Crippen molar-refractivity contribution < 1.29 is 18.6 Å². The first-order valence-corrected chi connectivity index (χ1v) is 10.8. The fourth-order valence-electron chi connectivity index (χ4n) is 3.59. The molecule has 3 aromatic heterocycles. The van der Waals surface area contributed by atoms with Crippen LogP contribution in [0.15, 0.2) is 33.3 Å². The summed E-state index contributed by atoms with van der Waals surface area (Å²) < 4.78 is 16.3. The van der Waals surface area contributed by atoms with Gasteiger partial charge in [0, 0.05) is 10.4 Å². The Morgan fingerprint density at radius 1 is 1.19 bits per heavy atom. The molecule has 0 saturated heterocycles. The number of amides is 1. The van der Waals surface area contributed by atoms with Crippen LogP contribution < -0.4 is 5.32 Å². The second kappa shape index (κ2) is 7.92. The van der Waals surface area contributed by atoms with Gasteiger partial charge in [0.1, 0.15) is 22.0 Å². The highest BCUT2D eigenvalue weighted by Crippen LogP contribution is 2.43. The molecule has 0 saturated carbocycles. The van der Waals surface area contributed by atoms with E-state index in [-0.39, 0.29) is 5.91 Å². The van der Waals surface area contributed by atoms with E-state index in [9.17, 15) is 4.79 Å². The number of nitrogens with one attached hydrogen (secondary N) is 1. The molecule has 1 aliphatic heterocycles. The predicted molar refractivity (Wildman–Crippen MR) is 115 cm³/mol. The Bertz CT molecular complexity index is 1290. The molecule has 4 aromatic rings. The number of nitrogens with zero attached hydrogens (tertiary/aromatic N) is 3. The molecule has 0 unspecified atom stereocenters. The first kappa shape index (κ1) is 19.9. The molecule has 0 radical (unpaired) electrons.